The van der Waals surface area contributed by atoms with Crippen LogP contribution in [0.3, 0.4) is 0 Å². The number of Topliss-reactive ketones (excluding diaryl/α,β-unsaturated/α-hetero) is 1. The Kier molecular flexibility index (Phi) is 11.4. The van der Waals surface area contributed by atoms with Gasteiger partial charge in [-0.3, -0.25) is 4.79 Å². The number of rotatable bonds is 17. The number of nitrogens with two attached hydrogens (primary N) is 1. The molecule has 2 N–H and O–H groups in total. The van der Waals surface area contributed by atoms with Crippen LogP contribution in [-0.2, 0) is 0 Å². The molecule has 0 fully saturated rings. The maximum absolute atomic E-state index is 13.5. The van der Waals surface area contributed by atoms with E-state index in [9.17, 15) is 4.79 Å². The molecule has 0 aliphatic heterocycles. The molecule has 34 heavy (non-hydrogen) atoms. The Labute approximate surface area is 209 Å². The van der Waals surface area contributed by atoms with Gasteiger partial charge in [0.2, 0.25) is 0 Å². The highest BCUT2D eigenvalue weighted by molar-refractivity contribution is 7.16. The summed E-state index contributed by atoms with van der Waals surface area (Å²) in [6, 6.07) is 13.3. The van der Waals surface area contributed by atoms with Crippen LogP contribution in [0.4, 0.5) is 5.13 Å². The quantitative estimate of drug-likeness (QED) is 0.154. The summed E-state index contributed by atoms with van der Waals surface area (Å²) in [5.74, 6) is 0.559. The Balaban J connectivity index is 1.52. The lowest BCUT2D eigenvalue weighted by Crippen LogP contribution is -2.13. The molecule has 0 aliphatic carbocycles. The van der Waals surface area contributed by atoms with E-state index in [-0.39, 0.29) is 11.7 Å². The molecule has 0 saturated heterocycles. The number of nitrogens with zero attached hydrogens (tertiary/aromatic N) is 1. The standard InChI is InChI=1S/C29H40N2O2S/c1-2-3-4-5-6-7-8-9-10-11-12-16-20-24(27(32)23-18-14-13-15-19-23)28-26(31-29(30)34-28)25-21-17-22-33-25/h13-15,17-19,21-22,24H,2-12,16,20H2,1H3,(H2,30,31). The molecule has 1 atom stereocenters. The van der Waals surface area contributed by atoms with Crippen molar-refractivity contribution in [2.45, 2.75) is 96.3 Å². The second-order valence-electron chi connectivity index (χ2n) is 9.20. The minimum absolute atomic E-state index is 0.139. The predicted octanol–water partition coefficient (Wildman–Crippen LogP) is 9.04. The van der Waals surface area contributed by atoms with Crippen LogP contribution in [0.1, 0.15) is 112 Å². The van der Waals surface area contributed by atoms with E-state index >= 15 is 0 Å². The molecule has 0 amide bonds. The van der Waals surface area contributed by atoms with E-state index in [0.29, 0.717) is 16.6 Å². The SMILES string of the molecule is CCCCCCCCCCCCCCC(C(=O)c1ccccc1)c1sc(N)nc1-c1ccco1. The van der Waals surface area contributed by atoms with Gasteiger partial charge < -0.3 is 10.2 Å². The van der Waals surface area contributed by atoms with Crippen molar-refractivity contribution in [1.29, 1.82) is 0 Å². The third kappa shape index (κ3) is 8.12. The number of carbonyl (C=O) groups is 1. The lowest BCUT2D eigenvalue weighted by atomic mass is 9.89. The first-order valence-corrected chi connectivity index (χ1v) is 13.9. The molecule has 2 heterocycles. The average molecular weight is 481 g/mol. The minimum atomic E-state index is -0.250. The van der Waals surface area contributed by atoms with E-state index in [1.807, 2.05) is 42.5 Å². The Morgan fingerprint density at radius 1 is 0.882 bits per heavy atom. The molecule has 1 unspecified atom stereocenters. The minimum Gasteiger partial charge on any atom is -0.463 e. The number of ketones is 1. The van der Waals surface area contributed by atoms with Gasteiger partial charge in [-0.15, -0.1) is 11.3 Å². The zero-order valence-corrected chi connectivity index (χ0v) is 21.5. The van der Waals surface area contributed by atoms with Crippen LogP contribution in [0.25, 0.3) is 11.5 Å². The van der Waals surface area contributed by atoms with Crippen molar-refractivity contribution in [3.8, 4) is 11.5 Å². The van der Waals surface area contributed by atoms with Gasteiger partial charge >= 0.3 is 0 Å². The number of nitrogen functional groups attached to an aromatic ring is 1. The maximum Gasteiger partial charge on any atom is 0.180 e. The number of unbranched alkanes of at least 4 members (excludes halogenated alkanes) is 11. The van der Waals surface area contributed by atoms with Gasteiger partial charge in [0, 0.05) is 10.4 Å². The van der Waals surface area contributed by atoms with E-state index < -0.39 is 0 Å². The molecule has 0 aliphatic rings. The molecule has 1 aromatic carbocycles. The van der Waals surface area contributed by atoms with Crippen LogP contribution < -0.4 is 5.73 Å². The highest BCUT2D eigenvalue weighted by Crippen LogP contribution is 2.39. The average Bonchev–Trinajstić information content (AvgIpc) is 3.52. The topological polar surface area (TPSA) is 69.1 Å². The molecular weight excluding hydrogens is 440 g/mol. The van der Waals surface area contributed by atoms with E-state index in [2.05, 4.69) is 11.9 Å². The number of carbonyl (C=O) groups excluding carboxylic acids is 1. The van der Waals surface area contributed by atoms with E-state index in [0.717, 1.165) is 29.7 Å². The van der Waals surface area contributed by atoms with Gasteiger partial charge in [-0.05, 0) is 18.6 Å². The molecular formula is C29H40N2O2S. The molecule has 4 nitrogen and oxygen atoms in total. The summed E-state index contributed by atoms with van der Waals surface area (Å²) in [7, 11) is 0. The monoisotopic (exact) mass is 480 g/mol. The smallest absolute Gasteiger partial charge is 0.180 e. The van der Waals surface area contributed by atoms with Gasteiger partial charge in [0.05, 0.1) is 12.2 Å². The Morgan fingerprint density at radius 3 is 2.09 bits per heavy atom. The zero-order valence-electron chi connectivity index (χ0n) is 20.6. The maximum atomic E-state index is 13.5. The fourth-order valence-corrected chi connectivity index (χ4v) is 5.52. The molecule has 3 aromatic rings. The number of hydrogen-bond acceptors (Lipinski definition) is 5. The van der Waals surface area contributed by atoms with E-state index in [4.69, 9.17) is 10.2 Å². The summed E-state index contributed by atoms with van der Waals surface area (Å²) < 4.78 is 5.60. The third-order valence-electron chi connectivity index (χ3n) is 6.46. The summed E-state index contributed by atoms with van der Waals surface area (Å²) in [6.07, 6.45) is 18.1. The van der Waals surface area contributed by atoms with Crippen molar-refractivity contribution >= 4 is 22.3 Å². The Bertz CT molecular complexity index is 950. The van der Waals surface area contributed by atoms with Crippen molar-refractivity contribution in [2.24, 2.45) is 0 Å². The van der Waals surface area contributed by atoms with Gasteiger partial charge in [0.25, 0.3) is 0 Å². The van der Waals surface area contributed by atoms with Gasteiger partial charge in [0.1, 0.15) is 5.69 Å². The van der Waals surface area contributed by atoms with Gasteiger partial charge in [-0.2, -0.15) is 0 Å². The summed E-state index contributed by atoms with van der Waals surface area (Å²) in [6.45, 7) is 2.27. The normalized spacial score (nSPS) is 12.1. The summed E-state index contributed by atoms with van der Waals surface area (Å²) in [5.41, 5.74) is 7.53. The molecule has 0 saturated carbocycles. The molecule has 5 heteroatoms. The molecule has 0 radical (unpaired) electrons. The molecule has 0 bridgehead atoms. The summed E-state index contributed by atoms with van der Waals surface area (Å²) in [5, 5.41) is 0.474. The molecule has 3 rings (SSSR count). The Morgan fingerprint density at radius 2 is 1.50 bits per heavy atom. The highest BCUT2D eigenvalue weighted by Gasteiger charge is 2.28. The number of benzene rings is 1. The second kappa shape index (κ2) is 14.8. The lowest BCUT2D eigenvalue weighted by molar-refractivity contribution is 0.0955. The number of anilines is 1. The van der Waals surface area contributed by atoms with Crippen molar-refractivity contribution < 1.29 is 9.21 Å². The fourth-order valence-electron chi connectivity index (χ4n) is 4.55. The van der Waals surface area contributed by atoms with Crippen molar-refractivity contribution in [3.63, 3.8) is 0 Å². The Hall–Kier alpha value is -2.40. The van der Waals surface area contributed by atoms with Crippen molar-refractivity contribution in [3.05, 3.63) is 59.2 Å². The van der Waals surface area contributed by atoms with Crippen LogP contribution in [-0.4, -0.2) is 10.8 Å². The van der Waals surface area contributed by atoms with E-state index in [1.54, 1.807) is 6.26 Å². The van der Waals surface area contributed by atoms with Gasteiger partial charge in [-0.25, -0.2) is 4.98 Å². The van der Waals surface area contributed by atoms with Crippen LogP contribution >= 0.6 is 11.3 Å². The first kappa shape index (κ1) is 26.2. The van der Waals surface area contributed by atoms with Crippen molar-refractivity contribution in [1.82, 2.24) is 4.98 Å². The first-order chi connectivity index (χ1) is 16.7. The van der Waals surface area contributed by atoms with Crippen LogP contribution in [0.15, 0.2) is 53.1 Å². The summed E-state index contributed by atoms with van der Waals surface area (Å²) in [4.78, 5) is 18.9. The van der Waals surface area contributed by atoms with Crippen LogP contribution in [0.2, 0.25) is 0 Å². The number of furan rings is 1. The number of thiazole rings is 1. The van der Waals surface area contributed by atoms with Gasteiger partial charge in [0.15, 0.2) is 16.7 Å². The molecule has 184 valence electrons. The largest absolute Gasteiger partial charge is 0.463 e. The predicted molar refractivity (Wildman–Crippen MR) is 143 cm³/mol. The summed E-state index contributed by atoms with van der Waals surface area (Å²) >= 11 is 1.41. The van der Waals surface area contributed by atoms with Crippen LogP contribution in [0, 0.1) is 0 Å². The van der Waals surface area contributed by atoms with Gasteiger partial charge in [-0.1, -0.05) is 114 Å². The molecule has 2 aromatic heterocycles. The lowest BCUT2D eigenvalue weighted by Gasteiger charge is -2.15. The van der Waals surface area contributed by atoms with Crippen LogP contribution in [0.5, 0.6) is 0 Å². The zero-order chi connectivity index (χ0) is 24.0. The highest BCUT2D eigenvalue weighted by atomic mass is 32.1. The number of aromatic nitrogens is 1. The second-order valence-corrected chi connectivity index (χ2v) is 10.3. The van der Waals surface area contributed by atoms with Crippen molar-refractivity contribution in [2.75, 3.05) is 5.73 Å². The number of hydrogen-bond donors (Lipinski definition) is 1. The third-order valence-corrected chi connectivity index (χ3v) is 7.46. The molecule has 0 spiro atoms. The fraction of sp³-hybridized carbons (Fsp3) is 0.517. The first-order valence-electron chi connectivity index (χ1n) is 13.1. The van der Waals surface area contributed by atoms with E-state index in [1.165, 1.54) is 75.5 Å².